The van der Waals surface area contributed by atoms with E-state index in [1.165, 1.54) is 25.5 Å². The van der Waals surface area contributed by atoms with Gasteiger partial charge in [0.05, 0.1) is 13.5 Å². The second-order valence-electron chi connectivity index (χ2n) is 11.4. The monoisotopic (exact) mass is 559 g/mol. The summed E-state index contributed by atoms with van der Waals surface area (Å²) in [5.74, 6) is 0.993. The molecule has 3 rings (SSSR count). The van der Waals surface area contributed by atoms with E-state index in [0.717, 1.165) is 41.9 Å². The number of methoxy groups -OCH3 is 1. The Morgan fingerprint density at radius 3 is 2.10 bits per heavy atom. The predicted octanol–water partition coefficient (Wildman–Crippen LogP) is 7.95. The number of esters is 1. The van der Waals surface area contributed by atoms with Gasteiger partial charge in [0.25, 0.3) is 5.91 Å². The first-order valence-corrected chi connectivity index (χ1v) is 14.6. The normalized spacial score (nSPS) is 11.9. The number of carbonyl (C=O) groups excluding carboxylic acids is 2. The Bertz CT molecular complexity index is 1210. The smallest absolute Gasteiger partial charge is 0.307 e. The average molecular weight is 560 g/mol. The quantitative estimate of drug-likeness (QED) is 0.151. The summed E-state index contributed by atoms with van der Waals surface area (Å²) < 4.78 is 17.1. The minimum Gasteiger partial charge on any atom is -0.489 e. The fraction of sp³-hybridized carbons (Fsp3) is 0.429. The third-order valence-electron chi connectivity index (χ3n) is 7.03. The van der Waals surface area contributed by atoms with Crippen molar-refractivity contribution in [2.75, 3.05) is 13.7 Å². The topological polar surface area (TPSA) is 73.9 Å². The summed E-state index contributed by atoms with van der Waals surface area (Å²) in [6.07, 6.45) is 5.48. The van der Waals surface area contributed by atoms with Crippen molar-refractivity contribution in [1.29, 1.82) is 0 Å². The van der Waals surface area contributed by atoms with E-state index in [-0.39, 0.29) is 36.4 Å². The summed E-state index contributed by atoms with van der Waals surface area (Å²) in [5.41, 5.74) is 4.13. The molecule has 0 saturated carbocycles. The van der Waals surface area contributed by atoms with Crippen LogP contribution in [0.15, 0.2) is 72.8 Å². The van der Waals surface area contributed by atoms with E-state index in [2.05, 4.69) is 62.0 Å². The van der Waals surface area contributed by atoms with Crippen LogP contribution in [0.4, 0.5) is 0 Å². The molecule has 1 amide bonds. The summed E-state index contributed by atoms with van der Waals surface area (Å²) in [7, 11) is 1.33. The number of amides is 1. The van der Waals surface area contributed by atoms with Crippen LogP contribution in [0.3, 0.4) is 0 Å². The molecule has 3 aromatic carbocycles. The van der Waals surface area contributed by atoms with Gasteiger partial charge in [0.1, 0.15) is 24.2 Å². The van der Waals surface area contributed by atoms with Crippen molar-refractivity contribution >= 4 is 11.9 Å². The molecule has 0 aromatic heterocycles. The molecule has 1 N–H and O–H groups in total. The average Bonchev–Trinajstić information content (AvgIpc) is 2.98. The van der Waals surface area contributed by atoms with Gasteiger partial charge in [-0.25, -0.2) is 0 Å². The molecule has 0 aliphatic rings. The van der Waals surface area contributed by atoms with E-state index < -0.39 is 0 Å². The molecule has 6 nitrogen and oxygen atoms in total. The van der Waals surface area contributed by atoms with Crippen molar-refractivity contribution in [3.63, 3.8) is 0 Å². The lowest BCUT2D eigenvalue weighted by Crippen LogP contribution is -2.26. The molecular formula is C35H45NO5. The number of rotatable bonds is 15. The van der Waals surface area contributed by atoms with Crippen LogP contribution in [0.2, 0.25) is 0 Å². The maximum atomic E-state index is 12.5. The van der Waals surface area contributed by atoms with Gasteiger partial charge < -0.3 is 19.5 Å². The molecule has 0 fully saturated rings. The van der Waals surface area contributed by atoms with E-state index in [1.807, 2.05) is 36.4 Å². The molecule has 1 atom stereocenters. The highest BCUT2D eigenvalue weighted by Crippen LogP contribution is 2.29. The summed E-state index contributed by atoms with van der Waals surface area (Å²) >= 11 is 0. The minimum atomic E-state index is -0.353. The highest BCUT2D eigenvalue weighted by molar-refractivity contribution is 5.94. The molecule has 3 aromatic rings. The van der Waals surface area contributed by atoms with Crippen LogP contribution in [-0.4, -0.2) is 25.5 Å². The standard InChI is InChI=1S/C35H45NO5/c1-6-7-8-9-10-32(27-13-15-28(16-14-27)34(38)36-24-23-33(37)39-5)41-31-21-19-30(20-22-31)40-25-26-11-17-29(18-12-26)35(2,3)4/h11-22,32H,6-10,23-25H2,1-5H3,(H,36,38). The zero-order valence-corrected chi connectivity index (χ0v) is 25.2. The number of unbranched alkanes of at least 4 members (excludes halogenated alkanes) is 3. The first kappa shape index (κ1) is 31.7. The Labute approximate surface area is 245 Å². The SMILES string of the molecule is CCCCCCC(Oc1ccc(OCc2ccc(C(C)(C)C)cc2)cc1)c1ccc(C(=O)NCCC(=O)OC)cc1. The van der Waals surface area contributed by atoms with E-state index in [4.69, 9.17) is 9.47 Å². The molecule has 0 saturated heterocycles. The van der Waals surface area contributed by atoms with Gasteiger partial charge in [0, 0.05) is 12.1 Å². The number of ether oxygens (including phenoxy) is 3. The fourth-order valence-electron chi connectivity index (χ4n) is 4.43. The van der Waals surface area contributed by atoms with Gasteiger partial charge in [-0.2, -0.15) is 0 Å². The van der Waals surface area contributed by atoms with Crippen LogP contribution >= 0.6 is 0 Å². The van der Waals surface area contributed by atoms with Gasteiger partial charge in [0.15, 0.2) is 0 Å². The van der Waals surface area contributed by atoms with Crippen LogP contribution in [0.1, 0.15) is 99.4 Å². The second kappa shape index (κ2) is 15.8. The maximum absolute atomic E-state index is 12.5. The van der Waals surface area contributed by atoms with Gasteiger partial charge in [-0.3, -0.25) is 9.59 Å². The number of benzene rings is 3. The van der Waals surface area contributed by atoms with Gasteiger partial charge in [0.2, 0.25) is 0 Å². The third-order valence-corrected chi connectivity index (χ3v) is 7.03. The summed E-state index contributed by atoms with van der Waals surface area (Å²) in [6.45, 7) is 9.58. The van der Waals surface area contributed by atoms with Crippen LogP contribution in [-0.2, 0) is 21.6 Å². The van der Waals surface area contributed by atoms with Crippen molar-refractivity contribution in [2.24, 2.45) is 0 Å². The molecule has 0 spiro atoms. The lowest BCUT2D eigenvalue weighted by Gasteiger charge is -2.20. The molecule has 0 radical (unpaired) electrons. The largest absolute Gasteiger partial charge is 0.489 e. The molecule has 6 heteroatoms. The van der Waals surface area contributed by atoms with Gasteiger partial charge in [-0.1, -0.05) is 83.4 Å². The molecule has 0 aliphatic carbocycles. The van der Waals surface area contributed by atoms with Gasteiger partial charge in [-0.15, -0.1) is 0 Å². The van der Waals surface area contributed by atoms with Gasteiger partial charge >= 0.3 is 5.97 Å². The van der Waals surface area contributed by atoms with Crippen LogP contribution in [0.25, 0.3) is 0 Å². The van der Waals surface area contributed by atoms with Crippen molar-refractivity contribution in [3.05, 3.63) is 95.1 Å². The molecule has 0 heterocycles. The number of hydrogen-bond donors (Lipinski definition) is 1. The third kappa shape index (κ3) is 10.6. The Morgan fingerprint density at radius 2 is 1.49 bits per heavy atom. The second-order valence-corrected chi connectivity index (χ2v) is 11.4. The number of hydrogen-bond acceptors (Lipinski definition) is 5. The van der Waals surface area contributed by atoms with E-state index in [9.17, 15) is 9.59 Å². The minimum absolute atomic E-state index is 0.128. The zero-order chi connectivity index (χ0) is 29.7. The molecule has 0 bridgehead atoms. The lowest BCUT2D eigenvalue weighted by molar-refractivity contribution is -0.140. The van der Waals surface area contributed by atoms with E-state index >= 15 is 0 Å². The highest BCUT2D eigenvalue weighted by Gasteiger charge is 2.16. The molecule has 1 unspecified atom stereocenters. The first-order valence-electron chi connectivity index (χ1n) is 14.6. The summed E-state index contributed by atoms with van der Waals surface area (Å²) in [6, 6.07) is 23.8. The number of carbonyl (C=O) groups is 2. The maximum Gasteiger partial charge on any atom is 0.307 e. The van der Waals surface area contributed by atoms with E-state index in [1.54, 1.807) is 12.1 Å². The van der Waals surface area contributed by atoms with Crippen molar-refractivity contribution in [2.45, 2.75) is 84.3 Å². The number of nitrogens with one attached hydrogen (secondary N) is 1. The zero-order valence-electron chi connectivity index (χ0n) is 25.2. The van der Waals surface area contributed by atoms with Crippen LogP contribution in [0, 0.1) is 0 Å². The van der Waals surface area contributed by atoms with Crippen molar-refractivity contribution in [1.82, 2.24) is 5.32 Å². The van der Waals surface area contributed by atoms with Gasteiger partial charge in [-0.05, 0) is 71.3 Å². The molecular weight excluding hydrogens is 514 g/mol. The molecule has 41 heavy (non-hydrogen) atoms. The Balaban J connectivity index is 1.60. The lowest BCUT2D eigenvalue weighted by atomic mass is 9.87. The summed E-state index contributed by atoms with van der Waals surface area (Å²) in [4.78, 5) is 23.7. The predicted molar refractivity (Wildman–Crippen MR) is 163 cm³/mol. The van der Waals surface area contributed by atoms with Crippen molar-refractivity contribution < 1.29 is 23.8 Å². The Kier molecular flexibility index (Phi) is 12.3. The fourth-order valence-corrected chi connectivity index (χ4v) is 4.43. The van der Waals surface area contributed by atoms with E-state index in [0.29, 0.717) is 12.2 Å². The molecule has 0 aliphatic heterocycles. The van der Waals surface area contributed by atoms with Crippen LogP contribution in [0.5, 0.6) is 11.5 Å². The highest BCUT2D eigenvalue weighted by atomic mass is 16.5. The van der Waals surface area contributed by atoms with Crippen molar-refractivity contribution in [3.8, 4) is 11.5 Å². The Morgan fingerprint density at radius 1 is 0.829 bits per heavy atom. The Hall–Kier alpha value is -3.80. The molecule has 220 valence electrons. The first-order chi connectivity index (χ1) is 19.7. The summed E-state index contributed by atoms with van der Waals surface area (Å²) in [5, 5.41) is 2.75. The van der Waals surface area contributed by atoms with Crippen LogP contribution < -0.4 is 14.8 Å².